The number of nitrogens with two attached hydrogens (primary N) is 1. The number of nitrogens with one attached hydrogen (secondary N) is 1. The Morgan fingerprint density at radius 3 is 2.96 bits per heavy atom. The highest BCUT2D eigenvalue weighted by Gasteiger charge is 2.23. The number of hydrogen-bond acceptors (Lipinski definition) is 4. The number of aromatic nitrogens is 1. The first-order chi connectivity index (χ1) is 11.8. The van der Waals surface area contributed by atoms with Crippen molar-refractivity contribution in [3.63, 3.8) is 0 Å². The summed E-state index contributed by atoms with van der Waals surface area (Å²) in [4.78, 5) is 6.67. The van der Waals surface area contributed by atoms with Crippen LogP contribution in [0.2, 0.25) is 0 Å². The van der Waals surface area contributed by atoms with Crippen LogP contribution in [-0.4, -0.2) is 29.0 Å². The monoisotopic (exact) mass is 318 g/mol. The van der Waals surface area contributed by atoms with Gasteiger partial charge in [-0.2, -0.15) is 0 Å². The Kier molecular flexibility index (Phi) is 4.05. The molecule has 0 radical (unpaired) electrons. The van der Waals surface area contributed by atoms with Gasteiger partial charge in [0.2, 0.25) is 0 Å². The van der Waals surface area contributed by atoms with E-state index in [9.17, 15) is 0 Å². The minimum absolute atomic E-state index is 0.466. The van der Waals surface area contributed by atoms with Gasteiger partial charge in [-0.25, -0.2) is 0 Å². The molecule has 0 saturated carbocycles. The molecule has 4 heteroatoms. The van der Waals surface area contributed by atoms with Crippen molar-refractivity contribution in [2.24, 2.45) is 0 Å². The van der Waals surface area contributed by atoms with Gasteiger partial charge in [0.25, 0.3) is 0 Å². The van der Waals surface area contributed by atoms with Gasteiger partial charge in [-0.05, 0) is 30.2 Å². The Morgan fingerprint density at radius 2 is 2.04 bits per heavy atom. The molecule has 122 valence electrons. The van der Waals surface area contributed by atoms with E-state index in [0.717, 1.165) is 31.7 Å². The van der Waals surface area contributed by atoms with Crippen molar-refractivity contribution in [3.05, 3.63) is 66.5 Å². The lowest BCUT2D eigenvalue weighted by atomic mass is 10.1. The highest BCUT2D eigenvalue weighted by Crippen LogP contribution is 2.25. The van der Waals surface area contributed by atoms with Gasteiger partial charge in [0.05, 0.1) is 0 Å². The molecule has 3 aromatic rings. The van der Waals surface area contributed by atoms with E-state index in [1.165, 1.54) is 22.0 Å². The second-order valence-corrected chi connectivity index (χ2v) is 6.47. The molecule has 4 nitrogen and oxygen atoms in total. The number of rotatable bonds is 4. The molecular formula is C20H22N4. The molecule has 1 aromatic heterocycles. The molecular weight excluding hydrogens is 296 g/mol. The number of para-hydroxylation sites is 1. The van der Waals surface area contributed by atoms with Gasteiger partial charge < -0.3 is 11.1 Å². The average Bonchev–Trinajstić information content (AvgIpc) is 3.04. The van der Waals surface area contributed by atoms with Crippen molar-refractivity contribution in [1.29, 1.82) is 0 Å². The van der Waals surface area contributed by atoms with Gasteiger partial charge in [0, 0.05) is 60.2 Å². The van der Waals surface area contributed by atoms with Crippen LogP contribution in [0.4, 0.5) is 11.4 Å². The average molecular weight is 318 g/mol. The van der Waals surface area contributed by atoms with Crippen molar-refractivity contribution in [2.45, 2.75) is 19.0 Å². The Bertz CT molecular complexity index is 840. The summed E-state index contributed by atoms with van der Waals surface area (Å²) in [6.45, 7) is 3.05. The van der Waals surface area contributed by atoms with Crippen molar-refractivity contribution in [3.8, 4) is 0 Å². The molecule has 1 unspecified atom stereocenters. The number of hydrogen-bond donors (Lipinski definition) is 2. The Hall–Kier alpha value is -2.59. The maximum absolute atomic E-state index is 6.07. The van der Waals surface area contributed by atoms with E-state index < -0.39 is 0 Å². The number of anilines is 2. The van der Waals surface area contributed by atoms with Crippen LogP contribution in [0.3, 0.4) is 0 Å². The maximum atomic E-state index is 6.07. The van der Waals surface area contributed by atoms with Gasteiger partial charge in [-0.1, -0.05) is 30.3 Å². The van der Waals surface area contributed by atoms with Gasteiger partial charge in [0.15, 0.2) is 0 Å². The molecule has 0 spiro atoms. The van der Waals surface area contributed by atoms with E-state index in [1.807, 2.05) is 24.5 Å². The van der Waals surface area contributed by atoms with Gasteiger partial charge in [-0.3, -0.25) is 9.88 Å². The fraction of sp³-hybridized carbons (Fsp3) is 0.250. The quantitative estimate of drug-likeness (QED) is 0.723. The summed E-state index contributed by atoms with van der Waals surface area (Å²) in [5.74, 6) is 0. The van der Waals surface area contributed by atoms with Crippen LogP contribution in [0.1, 0.15) is 12.0 Å². The van der Waals surface area contributed by atoms with Gasteiger partial charge >= 0.3 is 0 Å². The van der Waals surface area contributed by atoms with Crippen LogP contribution in [0.25, 0.3) is 10.8 Å². The number of pyridine rings is 1. The van der Waals surface area contributed by atoms with Crippen LogP contribution >= 0.6 is 0 Å². The third-order valence-electron chi connectivity index (χ3n) is 4.76. The van der Waals surface area contributed by atoms with Crippen LogP contribution in [0.5, 0.6) is 0 Å². The third kappa shape index (κ3) is 3.05. The van der Waals surface area contributed by atoms with Gasteiger partial charge in [0.1, 0.15) is 0 Å². The topological polar surface area (TPSA) is 54.2 Å². The first-order valence-corrected chi connectivity index (χ1v) is 8.44. The molecule has 0 amide bonds. The second-order valence-electron chi connectivity index (χ2n) is 6.47. The molecule has 1 saturated heterocycles. The largest absolute Gasteiger partial charge is 0.398 e. The molecule has 3 N–H and O–H groups in total. The molecule has 0 bridgehead atoms. The highest BCUT2D eigenvalue weighted by molar-refractivity contribution is 5.93. The maximum Gasteiger partial charge on any atom is 0.0423 e. The van der Waals surface area contributed by atoms with E-state index in [4.69, 9.17) is 5.73 Å². The predicted molar refractivity (Wildman–Crippen MR) is 99.9 cm³/mol. The highest BCUT2D eigenvalue weighted by atomic mass is 15.2. The molecule has 1 aliphatic heterocycles. The Morgan fingerprint density at radius 1 is 1.12 bits per heavy atom. The number of nitrogen functional groups attached to an aromatic ring is 1. The Labute approximate surface area is 142 Å². The Balaban J connectivity index is 1.44. The molecule has 1 aliphatic rings. The van der Waals surface area contributed by atoms with Crippen molar-refractivity contribution in [1.82, 2.24) is 9.88 Å². The lowest BCUT2D eigenvalue weighted by Crippen LogP contribution is -2.26. The summed E-state index contributed by atoms with van der Waals surface area (Å²) in [6, 6.07) is 17.0. The summed E-state index contributed by atoms with van der Waals surface area (Å²) in [5, 5.41) is 6.12. The first-order valence-electron chi connectivity index (χ1n) is 8.44. The van der Waals surface area contributed by atoms with E-state index in [1.54, 1.807) is 0 Å². The summed E-state index contributed by atoms with van der Waals surface area (Å²) in [5.41, 5.74) is 9.37. The van der Waals surface area contributed by atoms with E-state index in [2.05, 4.69) is 51.6 Å². The zero-order valence-corrected chi connectivity index (χ0v) is 13.7. The fourth-order valence-corrected chi connectivity index (χ4v) is 3.48. The standard InChI is InChI=1S/C20H22N4/c21-19-6-2-1-4-16(19)13-24-11-9-17(14-24)23-20-7-3-5-15-12-22-10-8-18(15)20/h1-8,10,12,17,23H,9,11,13-14,21H2. The second kappa shape index (κ2) is 6.49. The van der Waals surface area contributed by atoms with Crippen molar-refractivity contribution in [2.75, 3.05) is 24.1 Å². The van der Waals surface area contributed by atoms with Gasteiger partial charge in [-0.15, -0.1) is 0 Å². The van der Waals surface area contributed by atoms with E-state index >= 15 is 0 Å². The minimum Gasteiger partial charge on any atom is -0.398 e. The fourth-order valence-electron chi connectivity index (χ4n) is 3.48. The summed E-state index contributed by atoms with van der Waals surface area (Å²) in [6.07, 6.45) is 4.92. The predicted octanol–water partition coefficient (Wildman–Crippen LogP) is 3.50. The van der Waals surface area contributed by atoms with E-state index in [-0.39, 0.29) is 0 Å². The normalized spacial score (nSPS) is 18.1. The van der Waals surface area contributed by atoms with Crippen LogP contribution < -0.4 is 11.1 Å². The number of likely N-dealkylation sites (tertiary alicyclic amines) is 1. The van der Waals surface area contributed by atoms with Crippen LogP contribution in [0, 0.1) is 0 Å². The van der Waals surface area contributed by atoms with Crippen LogP contribution in [0.15, 0.2) is 60.9 Å². The molecule has 4 rings (SSSR count). The van der Waals surface area contributed by atoms with E-state index in [0.29, 0.717) is 6.04 Å². The zero-order valence-electron chi connectivity index (χ0n) is 13.7. The summed E-state index contributed by atoms with van der Waals surface area (Å²) < 4.78 is 0. The first kappa shape index (κ1) is 15.0. The molecule has 2 heterocycles. The van der Waals surface area contributed by atoms with Crippen molar-refractivity contribution >= 4 is 22.1 Å². The van der Waals surface area contributed by atoms with Crippen molar-refractivity contribution < 1.29 is 0 Å². The minimum atomic E-state index is 0.466. The molecule has 1 atom stereocenters. The third-order valence-corrected chi connectivity index (χ3v) is 4.76. The molecule has 2 aromatic carbocycles. The SMILES string of the molecule is Nc1ccccc1CN1CCC(Nc2cccc3cnccc23)C1. The molecule has 1 fully saturated rings. The lowest BCUT2D eigenvalue weighted by Gasteiger charge is -2.19. The zero-order chi connectivity index (χ0) is 16.4. The summed E-state index contributed by atoms with van der Waals surface area (Å²) in [7, 11) is 0. The summed E-state index contributed by atoms with van der Waals surface area (Å²) >= 11 is 0. The number of nitrogens with zero attached hydrogens (tertiary/aromatic N) is 2. The molecule has 24 heavy (non-hydrogen) atoms. The smallest absolute Gasteiger partial charge is 0.0423 e. The molecule has 0 aliphatic carbocycles. The lowest BCUT2D eigenvalue weighted by molar-refractivity contribution is 0.329. The number of benzene rings is 2. The number of fused-ring (bicyclic) bond motifs is 1. The van der Waals surface area contributed by atoms with Crippen LogP contribution in [-0.2, 0) is 6.54 Å².